The summed E-state index contributed by atoms with van der Waals surface area (Å²) < 4.78 is 5.79. The van der Waals surface area contributed by atoms with Crippen molar-refractivity contribution in [2.75, 3.05) is 13.6 Å². The molecular formula is C12H16N2O3. The van der Waals surface area contributed by atoms with Gasteiger partial charge >= 0.3 is 0 Å². The van der Waals surface area contributed by atoms with Gasteiger partial charge in [-0.2, -0.15) is 0 Å². The first-order chi connectivity index (χ1) is 8.06. The van der Waals surface area contributed by atoms with Gasteiger partial charge in [0, 0.05) is 31.1 Å². The topological polar surface area (TPSA) is 55.6 Å². The fourth-order valence-electron chi connectivity index (χ4n) is 2.06. The molecule has 1 saturated heterocycles. The SMILES string of the molecule is C[C@@H]1CC(Oc2ccc([N+](=O)[O-])cc2)CN1C. The van der Waals surface area contributed by atoms with Crippen molar-refractivity contribution in [3.8, 4) is 5.75 Å². The Morgan fingerprint density at radius 1 is 1.41 bits per heavy atom. The fraction of sp³-hybridized carbons (Fsp3) is 0.500. The predicted molar refractivity (Wildman–Crippen MR) is 64.2 cm³/mol. The van der Waals surface area contributed by atoms with E-state index in [9.17, 15) is 10.1 Å². The molecule has 1 heterocycles. The molecular weight excluding hydrogens is 220 g/mol. The second-order valence-corrected chi connectivity index (χ2v) is 4.52. The predicted octanol–water partition coefficient (Wildman–Crippen LogP) is 2.07. The monoisotopic (exact) mass is 236 g/mol. The fourth-order valence-corrected chi connectivity index (χ4v) is 2.06. The molecule has 0 bridgehead atoms. The van der Waals surface area contributed by atoms with Crippen LogP contribution < -0.4 is 4.74 Å². The zero-order chi connectivity index (χ0) is 12.4. The molecule has 0 amide bonds. The standard InChI is InChI=1S/C12H16N2O3/c1-9-7-12(8-13(9)2)17-11-5-3-10(4-6-11)14(15)16/h3-6,9,12H,7-8H2,1-2H3/t9-,12?/m1/s1. The van der Waals surface area contributed by atoms with Gasteiger partial charge in [0.1, 0.15) is 11.9 Å². The van der Waals surface area contributed by atoms with Crippen LogP contribution in [0.15, 0.2) is 24.3 Å². The molecule has 1 aliphatic heterocycles. The minimum Gasteiger partial charge on any atom is -0.489 e. The Morgan fingerprint density at radius 3 is 2.53 bits per heavy atom. The Morgan fingerprint density at radius 2 is 2.06 bits per heavy atom. The van der Waals surface area contributed by atoms with Gasteiger partial charge in [0.05, 0.1) is 4.92 Å². The number of hydrogen-bond acceptors (Lipinski definition) is 4. The van der Waals surface area contributed by atoms with Gasteiger partial charge in [-0.05, 0) is 26.1 Å². The van der Waals surface area contributed by atoms with Crippen molar-refractivity contribution in [2.24, 2.45) is 0 Å². The molecule has 0 aromatic heterocycles. The van der Waals surface area contributed by atoms with Crippen molar-refractivity contribution >= 4 is 5.69 Å². The van der Waals surface area contributed by atoms with E-state index in [0.717, 1.165) is 13.0 Å². The van der Waals surface area contributed by atoms with Crippen LogP contribution in [-0.2, 0) is 0 Å². The number of nitro benzene ring substituents is 1. The summed E-state index contributed by atoms with van der Waals surface area (Å²) in [7, 11) is 2.07. The molecule has 17 heavy (non-hydrogen) atoms. The summed E-state index contributed by atoms with van der Waals surface area (Å²) in [6, 6.07) is 6.77. The molecule has 1 unspecified atom stereocenters. The van der Waals surface area contributed by atoms with E-state index in [0.29, 0.717) is 11.8 Å². The van der Waals surface area contributed by atoms with Crippen molar-refractivity contribution in [2.45, 2.75) is 25.5 Å². The van der Waals surface area contributed by atoms with Crippen molar-refractivity contribution < 1.29 is 9.66 Å². The highest BCUT2D eigenvalue weighted by Gasteiger charge is 2.27. The van der Waals surface area contributed by atoms with Crippen molar-refractivity contribution in [3.05, 3.63) is 34.4 Å². The van der Waals surface area contributed by atoms with Crippen LogP contribution in [0.2, 0.25) is 0 Å². The highest BCUT2D eigenvalue weighted by atomic mass is 16.6. The molecule has 5 heteroatoms. The number of ether oxygens (including phenoxy) is 1. The van der Waals surface area contributed by atoms with Crippen LogP contribution in [0, 0.1) is 10.1 Å². The number of hydrogen-bond donors (Lipinski definition) is 0. The summed E-state index contributed by atoms with van der Waals surface area (Å²) in [5.41, 5.74) is 0.0919. The molecule has 0 N–H and O–H groups in total. The van der Waals surface area contributed by atoms with Gasteiger partial charge in [-0.15, -0.1) is 0 Å². The summed E-state index contributed by atoms with van der Waals surface area (Å²) >= 11 is 0. The first-order valence-electron chi connectivity index (χ1n) is 5.67. The normalized spacial score (nSPS) is 24.8. The molecule has 92 valence electrons. The third kappa shape index (κ3) is 2.74. The molecule has 0 aliphatic carbocycles. The van der Waals surface area contributed by atoms with Crippen molar-refractivity contribution in [3.63, 3.8) is 0 Å². The summed E-state index contributed by atoms with van der Waals surface area (Å²) in [5, 5.41) is 10.5. The van der Waals surface area contributed by atoms with Gasteiger partial charge in [0.15, 0.2) is 0 Å². The maximum Gasteiger partial charge on any atom is 0.269 e. The van der Waals surface area contributed by atoms with Crippen LogP contribution in [0.4, 0.5) is 5.69 Å². The van der Waals surface area contributed by atoms with Crippen LogP contribution in [0.1, 0.15) is 13.3 Å². The van der Waals surface area contributed by atoms with E-state index in [1.54, 1.807) is 12.1 Å². The Balaban J connectivity index is 1.98. The van der Waals surface area contributed by atoms with E-state index in [1.165, 1.54) is 12.1 Å². The van der Waals surface area contributed by atoms with Crippen LogP contribution in [0.25, 0.3) is 0 Å². The Bertz CT molecular complexity index is 395. The lowest BCUT2D eigenvalue weighted by atomic mass is 10.2. The van der Waals surface area contributed by atoms with E-state index >= 15 is 0 Å². The molecule has 2 atom stereocenters. The molecule has 5 nitrogen and oxygen atoms in total. The quantitative estimate of drug-likeness (QED) is 0.595. The molecule has 1 aliphatic rings. The Kier molecular flexibility index (Phi) is 3.28. The minimum absolute atomic E-state index is 0.0919. The van der Waals surface area contributed by atoms with Crippen LogP contribution in [0.3, 0.4) is 0 Å². The lowest BCUT2D eigenvalue weighted by Crippen LogP contribution is -2.23. The highest BCUT2D eigenvalue weighted by molar-refractivity contribution is 5.36. The number of rotatable bonds is 3. The van der Waals surface area contributed by atoms with Gasteiger partial charge in [-0.3, -0.25) is 15.0 Å². The van der Waals surface area contributed by atoms with Gasteiger partial charge in [-0.1, -0.05) is 0 Å². The van der Waals surface area contributed by atoms with Crippen molar-refractivity contribution in [1.29, 1.82) is 0 Å². The van der Waals surface area contributed by atoms with E-state index in [-0.39, 0.29) is 11.8 Å². The average Bonchev–Trinajstić information content (AvgIpc) is 2.58. The smallest absolute Gasteiger partial charge is 0.269 e. The number of likely N-dealkylation sites (tertiary alicyclic amines) is 1. The van der Waals surface area contributed by atoms with Crippen molar-refractivity contribution in [1.82, 2.24) is 4.90 Å². The van der Waals surface area contributed by atoms with Gasteiger partial charge in [-0.25, -0.2) is 0 Å². The number of benzene rings is 1. The van der Waals surface area contributed by atoms with E-state index in [1.807, 2.05) is 0 Å². The molecule has 0 radical (unpaired) electrons. The number of likely N-dealkylation sites (N-methyl/N-ethyl adjacent to an activating group) is 1. The zero-order valence-corrected chi connectivity index (χ0v) is 10.00. The first kappa shape index (κ1) is 11.9. The Hall–Kier alpha value is -1.62. The number of nitrogens with zero attached hydrogens (tertiary/aromatic N) is 2. The van der Waals surface area contributed by atoms with E-state index in [4.69, 9.17) is 4.74 Å². The highest BCUT2D eigenvalue weighted by Crippen LogP contribution is 2.23. The maximum absolute atomic E-state index is 10.5. The third-order valence-corrected chi connectivity index (χ3v) is 3.20. The largest absolute Gasteiger partial charge is 0.489 e. The first-order valence-corrected chi connectivity index (χ1v) is 5.67. The number of nitro groups is 1. The Labute approximate surface area is 100 Å². The molecule has 1 fully saturated rings. The molecule has 2 rings (SSSR count). The lowest BCUT2D eigenvalue weighted by Gasteiger charge is -2.13. The number of non-ortho nitro benzene ring substituents is 1. The molecule has 0 spiro atoms. The summed E-state index contributed by atoms with van der Waals surface area (Å²) in [4.78, 5) is 12.3. The summed E-state index contributed by atoms with van der Waals surface area (Å²) in [5.74, 6) is 0.697. The molecule has 1 aromatic rings. The van der Waals surface area contributed by atoms with Gasteiger partial charge in [0.25, 0.3) is 5.69 Å². The summed E-state index contributed by atoms with van der Waals surface area (Å²) in [6.07, 6.45) is 1.17. The van der Waals surface area contributed by atoms with E-state index < -0.39 is 4.92 Å². The molecule has 0 saturated carbocycles. The second-order valence-electron chi connectivity index (χ2n) is 4.52. The molecule has 1 aromatic carbocycles. The average molecular weight is 236 g/mol. The van der Waals surface area contributed by atoms with Crippen LogP contribution >= 0.6 is 0 Å². The van der Waals surface area contributed by atoms with Crippen LogP contribution in [-0.4, -0.2) is 35.6 Å². The third-order valence-electron chi connectivity index (χ3n) is 3.20. The lowest BCUT2D eigenvalue weighted by molar-refractivity contribution is -0.384. The maximum atomic E-state index is 10.5. The second kappa shape index (κ2) is 4.71. The van der Waals surface area contributed by atoms with Gasteiger partial charge in [0.2, 0.25) is 0 Å². The van der Waals surface area contributed by atoms with Gasteiger partial charge < -0.3 is 4.74 Å². The zero-order valence-electron chi connectivity index (χ0n) is 10.00. The summed E-state index contributed by atoms with van der Waals surface area (Å²) in [6.45, 7) is 3.07. The minimum atomic E-state index is -0.408. The van der Waals surface area contributed by atoms with E-state index in [2.05, 4.69) is 18.9 Å². The van der Waals surface area contributed by atoms with Crippen LogP contribution in [0.5, 0.6) is 5.75 Å².